The van der Waals surface area contributed by atoms with Crippen molar-refractivity contribution in [2.45, 2.75) is 50.9 Å². The molecule has 2 unspecified atom stereocenters. The van der Waals surface area contributed by atoms with E-state index >= 15 is 0 Å². The van der Waals surface area contributed by atoms with Gasteiger partial charge in [0.15, 0.2) is 0 Å². The van der Waals surface area contributed by atoms with Crippen LogP contribution in [0, 0.1) is 6.92 Å². The summed E-state index contributed by atoms with van der Waals surface area (Å²) in [6.07, 6.45) is -2.66. The molecule has 0 spiro atoms. The predicted octanol–water partition coefficient (Wildman–Crippen LogP) is 4.92. The Morgan fingerprint density at radius 3 is 2.69 bits per heavy atom. The molecular weight excluding hydrogens is 463 g/mol. The van der Waals surface area contributed by atoms with Crippen LogP contribution in [0.5, 0.6) is 0 Å². The molecule has 0 fully saturated rings. The number of halogens is 3. The van der Waals surface area contributed by atoms with Gasteiger partial charge in [-0.1, -0.05) is 0 Å². The molecule has 1 aliphatic rings. The summed E-state index contributed by atoms with van der Waals surface area (Å²) < 4.78 is 45.5. The quantitative estimate of drug-likeness (QED) is 0.456. The van der Waals surface area contributed by atoms with Crippen molar-refractivity contribution in [3.05, 3.63) is 59.5 Å². The summed E-state index contributed by atoms with van der Waals surface area (Å²) >= 11 is 0. The highest BCUT2D eigenvalue weighted by atomic mass is 19.4. The first-order valence-corrected chi connectivity index (χ1v) is 11.1. The first-order valence-electron chi connectivity index (χ1n) is 11.1. The Labute approximate surface area is 199 Å². The molecule has 0 saturated heterocycles. The van der Waals surface area contributed by atoms with Gasteiger partial charge in [0.05, 0.1) is 24.1 Å². The minimum Gasteiger partial charge on any atom is -0.462 e. The van der Waals surface area contributed by atoms with Crippen LogP contribution >= 0.6 is 0 Å². The van der Waals surface area contributed by atoms with Crippen molar-refractivity contribution >= 4 is 17.7 Å². The minimum atomic E-state index is -4.70. The highest BCUT2D eigenvalue weighted by Gasteiger charge is 2.41. The SMILES string of the molecule is CCOC(=O)c1cc2cc(CC3(CCC(O)C(F)(F)F)C=NN=N3)ccn2c1-c1ccc(C)nc1. The average Bonchev–Trinajstić information content (AvgIpc) is 3.42. The van der Waals surface area contributed by atoms with Crippen LogP contribution in [0.15, 0.2) is 58.2 Å². The molecule has 0 amide bonds. The van der Waals surface area contributed by atoms with Crippen molar-refractivity contribution in [3.8, 4) is 11.3 Å². The molecule has 11 heteroatoms. The third kappa shape index (κ3) is 5.24. The first-order chi connectivity index (χ1) is 16.6. The number of ether oxygens (including phenoxy) is 1. The van der Waals surface area contributed by atoms with Gasteiger partial charge in [-0.15, -0.1) is 5.10 Å². The van der Waals surface area contributed by atoms with E-state index in [2.05, 4.69) is 20.4 Å². The number of esters is 1. The van der Waals surface area contributed by atoms with Crippen LogP contribution in [0.2, 0.25) is 0 Å². The highest BCUT2D eigenvalue weighted by Crippen LogP contribution is 2.33. The molecule has 0 aromatic carbocycles. The second kappa shape index (κ2) is 9.57. The van der Waals surface area contributed by atoms with Crippen molar-refractivity contribution in [1.82, 2.24) is 9.38 Å². The number of nitrogens with zero attached hydrogens (tertiary/aromatic N) is 5. The molecule has 4 heterocycles. The number of aliphatic hydroxyl groups excluding tert-OH is 1. The fraction of sp³-hybridized carbons (Fsp3) is 0.375. The lowest BCUT2D eigenvalue weighted by Crippen LogP contribution is -2.35. The molecule has 8 nitrogen and oxygen atoms in total. The minimum absolute atomic E-state index is 0.0821. The van der Waals surface area contributed by atoms with Crippen molar-refractivity contribution in [3.63, 3.8) is 0 Å². The number of alkyl halides is 3. The second-order valence-corrected chi connectivity index (χ2v) is 8.46. The lowest BCUT2D eigenvalue weighted by Gasteiger charge is -2.23. The molecule has 0 saturated carbocycles. The van der Waals surface area contributed by atoms with E-state index in [1.807, 2.05) is 29.5 Å². The second-order valence-electron chi connectivity index (χ2n) is 8.46. The van der Waals surface area contributed by atoms with Crippen LogP contribution in [0.4, 0.5) is 13.2 Å². The third-order valence-corrected chi connectivity index (χ3v) is 5.85. The summed E-state index contributed by atoms with van der Waals surface area (Å²) in [7, 11) is 0. The van der Waals surface area contributed by atoms with Gasteiger partial charge in [0.1, 0.15) is 11.6 Å². The molecule has 35 heavy (non-hydrogen) atoms. The summed E-state index contributed by atoms with van der Waals surface area (Å²) in [4.78, 5) is 17.0. The maximum absolute atomic E-state index is 12.8. The van der Waals surface area contributed by atoms with Gasteiger partial charge in [-0.25, -0.2) is 4.79 Å². The van der Waals surface area contributed by atoms with Crippen LogP contribution in [0.1, 0.15) is 41.4 Å². The topological polar surface area (TPSA) is 101 Å². The van der Waals surface area contributed by atoms with Crippen LogP contribution < -0.4 is 0 Å². The van der Waals surface area contributed by atoms with E-state index < -0.39 is 30.2 Å². The largest absolute Gasteiger partial charge is 0.462 e. The van der Waals surface area contributed by atoms with Gasteiger partial charge in [-0.3, -0.25) is 4.98 Å². The fourth-order valence-electron chi connectivity index (χ4n) is 4.06. The number of pyridine rings is 2. The Kier molecular flexibility index (Phi) is 6.70. The molecule has 0 radical (unpaired) electrons. The lowest BCUT2D eigenvalue weighted by atomic mass is 9.87. The number of hydrogen-bond acceptors (Lipinski definition) is 7. The standard InChI is InChI=1S/C24H24F3N5O3/c1-3-35-22(34)19-11-18-10-16(7-9-32(18)21(19)17-5-4-15(2)28-13-17)12-23(14-29-31-30-23)8-6-20(33)24(25,26)27/h4-5,7,9-11,13-14,20,33H,3,6,8,12H2,1-2H3. The van der Waals surface area contributed by atoms with E-state index in [9.17, 15) is 23.1 Å². The van der Waals surface area contributed by atoms with Gasteiger partial charge in [0.2, 0.25) is 0 Å². The Balaban J connectivity index is 1.68. The van der Waals surface area contributed by atoms with Crippen molar-refractivity contribution in [1.29, 1.82) is 0 Å². The molecule has 0 aliphatic carbocycles. The lowest BCUT2D eigenvalue weighted by molar-refractivity contribution is -0.206. The van der Waals surface area contributed by atoms with E-state index in [1.165, 1.54) is 6.21 Å². The zero-order valence-electron chi connectivity index (χ0n) is 19.2. The number of aliphatic hydroxyl groups is 1. The zero-order chi connectivity index (χ0) is 25.2. The first kappa shape index (κ1) is 24.5. The Morgan fingerprint density at radius 1 is 1.26 bits per heavy atom. The normalized spacial score (nSPS) is 18.3. The van der Waals surface area contributed by atoms with Gasteiger partial charge >= 0.3 is 12.1 Å². The number of hydrogen-bond donors (Lipinski definition) is 1. The van der Waals surface area contributed by atoms with Gasteiger partial charge in [0.25, 0.3) is 0 Å². The van der Waals surface area contributed by atoms with Crippen molar-refractivity contribution in [2.24, 2.45) is 15.4 Å². The van der Waals surface area contributed by atoms with Gasteiger partial charge in [0, 0.05) is 35.6 Å². The number of aryl methyl sites for hydroxylation is 1. The van der Waals surface area contributed by atoms with Gasteiger partial charge in [-0.2, -0.15) is 18.3 Å². The third-order valence-electron chi connectivity index (χ3n) is 5.85. The summed E-state index contributed by atoms with van der Waals surface area (Å²) in [5, 5.41) is 20.8. The highest BCUT2D eigenvalue weighted by molar-refractivity contribution is 5.99. The number of rotatable bonds is 8. The number of fused-ring (bicyclic) bond motifs is 1. The molecule has 3 aromatic rings. The molecule has 0 bridgehead atoms. The Bertz CT molecular complexity index is 1270. The summed E-state index contributed by atoms with van der Waals surface area (Å²) in [5.41, 5.74) is 2.93. The van der Waals surface area contributed by atoms with E-state index in [1.54, 1.807) is 31.5 Å². The smallest absolute Gasteiger partial charge is 0.414 e. The molecule has 184 valence electrons. The maximum Gasteiger partial charge on any atom is 0.414 e. The van der Waals surface area contributed by atoms with Crippen molar-refractivity contribution in [2.75, 3.05) is 6.61 Å². The predicted molar refractivity (Wildman–Crippen MR) is 122 cm³/mol. The summed E-state index contributed by atoms with van der Waals surface area (Å²) in [5.74, 6) is -0.470. The van der Waals surface area contributed by atoms with Crippen LogP contribution in [0.25, 0.3) is 16.8 Å². The number of carbonyl (C=O) groups is 1. The van der Waals surface area contributed by atoms with Crippen LogP contribution in [0.3, 0.4) is 0 Å². The van der Waals surface area contributed by atoms with Gasteiger partial charge in [-0.05, 0) is 67.8 Å². The fourth-order valence-corrected chi connectivity index (χ4v) is 4.06. The Hall–Kier alpha value is -3.60. The number of aromatic nitrogens is 2. The molecule has 4 rings (SSSR count). The molecule has 3 aromatic heterocycles. The maximum atomic E-state index is 12.8. The zero-order valence-corrected chi connectivity index (χ0v) is 19.2. The summed E-state index contributed by atoms with van der Waals surface area (Å²) in [6.45, 7) is 3.82. The molecule has 2 atom stereocenters. The molecule has 1 aliphatic heterocycles. The van der Waals surface area contributed by atoms with E-state index in [-0.39, 0.29) is 19.4 Å². The molecular formula is C24H24F3N5O3. The summed E-state index contributed by atoms with van der Waals surface area (Å²) in [6, 6.07) is 9.06. The van der Waals surface area contributed by atoms with E-state index in [0.29, 0.717) is 16.8 Å². The van der Waals surface area contributed by atoms with E-state index in [4.69, 9.17) is 4.74 Å². The number of carbonyl (C=O) groups excluding carboxylic acids is 1. The van der Waals surface area contributed by atoms with E-state index in [0.717, 1.165) is 16.8 Å². The van der Waals surface area contributed by atoms with Crippen LogP contribution in [-0.2, 0) is 11.2 Å². The van der Waals surface area contributed by atoms with Crippen molar-refractivity contribution < 1.29 is 27.8 Å². The Morgan fingerprint density at radius 2 is 2.06 bits per heavy atom. The van der Waals surface area contributed by atoms with Gasteiger partial charge < -0.3 is 14.2 Å². The average molecular weight is 487 g/mol. The molecule has 1 N–H and O–H groups in total. The van der Waals surface area contributed by atoms with Crippen LogP contribution in [-0.4, -0.2) is 51.1 Å². The monoisotopic (exact) mass is 487 g/mol.